The van der Waals surface area contributed by atoms with Gasteiger partial charge in [-0.15, -0.1) is 0 Å². The third-order valence-electron chi connectivity index (χ3n) is 5.15. The van der Waals surface area contributed by atoms with Crippen LogP contribution in [0.15, 0.2) is 18.2 Å². The van der Waals surface area contributed by atoms with Gasteiger partial charge in [-0.3, -0.25) is 14.8 Å². The first kappa shape index (κ1) is 20.1. The van der Waals surface area contributed by atoms with Gasteiger partial charge in [-0.1, -0.05) is 0 Å². The molecule has 1 aromatic carbocycles. The third kappa shape index (κ3) is 4.61. The summed E-state index contributed by atoms with van der Waals surface area (Å²) in [7, 11) is 0. The van der Waals surface area contributed by atoms with Gasteiger partial charge < -0.3 is 9.64 Å². The van der Waals surface area contributed by atoms with E-state index in [0.29, 0.717) is 25.6 Å². The number of benzene rings is 1. The zero-order valence-corrected chi connectivity index (χ0v) is 17.0. The van der Waals surface area contributed by atoms with Crippen molar-refractivity contribution in [2.75, 3.05) is 13.1 Å². The summed E-state index contributed by atoms with van der Waals surface area (Å²) in [6.07, 6.45) is 2.54. The van der Waals surface area contributed by atoms with Gasteiger partial charge in [0, 0.05) is 37.2 Å². The van der Waals surface area contributed by atoms with Crippen LogP contribution >= 0.6 is 0 Å². The van der Waals surface area contributed by atoms with Gasteiger partial charge in [0.15, 0.2) is 0 Å². The zero-order chi connectivity index (χ0) is 20.5. The normalized spacial score (nSPS) is 15.8. The second-order valence-electron chi connectivity index (χ2n) is 8.47. The summed E-state index contributed by atoms with van der Waals surface area (Å²) in [5.74, 6) is 0.497. The molecule has 0 atom stereocenters. The number of piperidine rings is 1. The second kappa shape index (κ2) is 7.77. The smallest absolute Gasteiger partial charge is 0.410 e. The van der Waals surface area contributed by atoms with Gasteiger partial charge in [-0.25, -0.2) is 4.79 Å². The summed E-state index contributed by atoms with van der Waals surface area (Å²) in [5.41, 5.74) is 1.29. The molecule has 1 aromatic heterocycles. The molecule has 8 heteroatoms. The third-order valence-corrected chi connectivity index (χ3v) is 5.15. The largest absolute Gasteiger partial charge is 0.444 e. The number of carbonyl (C=O) groups is 1. The van der Waals surface area contributed by atoms with Crippen LogP contribution in [0.5, 0.6) is 0 Å². The number of nitro groups is 1. The Morgan fingerprint density at radius 2 is 2.00 bits per heavy atom. The Bertz CT molecular complexity index is 876. The molecule has 0 bridgehead atoms. The maximum absolute atomic E-state index is 12.2. The minimum Gasteiger partial charge on any atom is -0.444 e. The number of ether oxygens (including phenoxy) is 1. The van der Waals surface area contributed by atoms with Crippen molar-refractivity contribution in [2.24, 2.45) is 5.92 Å². The highest BCUT2D eigenvalue weighted by Gasteiger charge is 2.27. The summed E-state index contributed by atoms with van der Waals surface area (Å²) in [5, 5.41) is 16.6. The fourth-order valence-corrected chi connectivity index (χ4v) is 3.65. The van der Waals surface area contributed by atoms with Gasteiger partial charge in [0.05, 0.1) is 16.1 Å². The van der Waals surface area contributed by atoms with Crippen LogP contribution in [0, 0.1) is 23.0 Å². The quantitative estimate of drug-likeness (QED) is 0.576. The fourth-order valence-electron chi connectivity index (χ4n) is 3.65. The maximum atomic E-state index is 12.2. The van der Waals surface area contributed by atoms with Crippen LogP contribution in [0.3, 0.4) is 0 Å². The minimum atomic E-state index is -0.477. The first-order valence-corrected chi connectivity index (χ1v) is 9.73. The molecule has 0 aliphatic carbocycles. The van der Waals surface area contributed by atoms with Crippen LogP contribution < -0.4 is 0 Å². The molecule has 3 rings (SSSR count). The molecule has 0 unspecified atom stereocenters. The highest BCUT2D eigenvalue weighted by Crippen LogP contribution is 2.26. The summed E-state index contributed by atoms with van der Waals surface area (Å²) in [6.45, 7) is 9.65. The Balaban J connectivity index is 1.59. The average Bonchev–Trinajstić information content (AvgIpc) is 2.94. The molecule has 0 radical (unpaired) electrons. The molecule has 1 saturated heterocycles. The lowest BCUT2D eigenvalue weighted by molar-refractivity contribution is -0.384. The molecule has 1 aliphatic rings. The molecule has 1 amide bonds. The van der Waals surface area contributed by atoms with Crippen LogP contribution in [0.1, 0.15) is 45.7 Å². The first-order chi connectivity index (χ1) is 13.1. The van der Waals surface area contributed by atoms with Gasteiger partial charge in [0.1, 0.15) is 5.60 Å². The molecular formula is C20H28N4O4. The highest BCUT2D eigenvalue weighted by molar-refractivity contribution is 5.83. The van der Waals surface area contributed by atoms with Crippen LogP contribution in [0.25, 0.3) is 10.9 Å². The summed E-state index contributed by atoms with van der Waals surface area (Å²) in [4.78, 5) is 24.6. The first-order valence-electron chi connectivity index (χ1n) is 9.73. The summed E-state index contributed by atoms with van der Waals surface area (Å²) >= 11 is 0. The molecule has 2 heterocycles. The molecule has 0 N–H and O–H groups in total. The van der Waals surface area contributed by atoms with Gasteiger partial charge >= 0.3 is 6.09 Å². The van der Waals surface area contributed by atoms with Crippen molar-refractivity contribution in [1.82, 2.24) is 14.7 Å². The van der Waals surface area contributed by atoms with E-state index in [9.17, 15) is 14.9 Å². The second-order valence-corrected chi connectivity index (χ2v) is 8.47. The lowest BCUT2D eigenvalue weighted by Gasteiger charge is -2.33. The molecule has 1 aliphatic heterocycles. The Hall–Kier alpha value is -2.64. The van der Waals surface area contributed by atoms with Crippen molar-refractivity contribution >= 4 is 22.7 Å². The van der Waals surface area contributed by atoms with E-state index < -0.39 is 5.60 Å². The number of nitro benzene ring substituents is 1. The summed E-state index contributed by atoms with van der Waals surface area (Å²) < 4.78 is 7.31. The SMILES string of the molecule is Cc1nn(CCC2CCN(C(=O)OC(C)(C)C)CC2)c2cc([N+](=O)[O-])ccc12. The van der Waals surface area contributed by atoms with E-state index >= 15 is 0 Å². The average molecular weight is 388 g/mol. The molecule has 0 saturated carbocycles. The Kier molecular flexibility index (Phi) is 5.58. The molecule has 28 heavy (non-hydrogen) atoms. The van der Waals surface area contributed by atoms with Crippen molar-refractivity contribution in [3.63, 3.8) is 0 Å². The van der Waals surface area contributed by atoms with E-state index in [0.717, 1.165) is 35.9 Å². The van der Waals surface area contributed by atoms with E-state index in [1.54, 1.807) is 17.0 Å². The van der Waals surface area contributed by atoms with Gasteiger partial charge in [0.25, 0.3) is 5.69 Å². The van der Waals surface area contributed by atoms with Crippen LogP contribution in [-0.2, 0) is 11.3 Å². The number of aryl methyl sites for hydroxylation is 2. The van der Waals surface area contributed by atoms with Crippen molar-refractivity contribution in [3.05, 3.63) is 34.0 Å². The number of carbonyl (C=O) groups excluding carboxylic acids is 1. The number of rotatable bonds is 4. The zero-order valence-electron chi connectivity index (χ0n) is 17.0. The molecule has 8 nitrogen and oxygen atoms in total. The van der Waals surface area contributed by atoms with Crippen molar-refractivity contribution < 1.29 is 14.5 Å². The van der Waals surface area contributed by atoms with E-state index in [4.69, 9.17) is 4.74 Å². The number of nitrogens with zero attached hydrogens (tertiary/aromatic N) is 4. The number of likely N-dealkylation sites (tertiary alicyclic amines) is 1. The van der Waals surface area contributed by atoms with Crippen molar-refractivity contribution in [2.45, 2.75) is 59.1 Å². The van der Waals surface area contributed by atoms with Crippen molar-refractivity contribution in [1.29, 1.82) is 0 Å². The van der Waals surface area contributed by atoms with Crippen molar-refractivity contribution in [3.8, 4) is 0 Å². The number of hydrogen-bond donors (Lipinski definition) is 0. The number of aromatic nitrogens is 2. The van der Waals surface area contributed by atoms with E-state index in [-0.39, 0.29) is 16.7 Å². The Labute approximate surface area is 164 Å². The van der Waals surface area contributed by atoms with Crippen LogP contribution in [0.4, 0.5) is 10.5 Å². The van der Waals surface area contributed by atoms with Gasteiger partial charge in [-0.05, 0) is 58.9 Å². The monoisotopic (exact) mass is 388 g/mol. The molecule has 1 fully saturated rings. The minimum absolute atomic E-state index is 0.0827. The standard InChI is InChI=1S/C20H28N4O4/c1-14-17-6-5-16(24(26)27)13-18(17)23(21-14)12-9-15-7-10-22(11-8-15)19(25)28-20(2,3)4/h5-6,13,15H,7-12H2,1-4H3. The molecule has 2 aromatic rings. The number of hydrogen-bond acceptors (Lipinski definition) is 5. The van der Waals surface area contributed by atoms with Crippen LogP contribution in [0.2, 0.25) is 0 Å². The summed E-state index contributed by atoms with van der Waals surface area (Å²) in [6, 6.07) is 4.89. The topological polar surface area (TPSA) is 90.5 Å². The van der Waals surface area contributed by atoms with E-state index in [2.05, 4.69) is 5.10 Å². The predicted molar refractivity (Wildman–Crippen MR) is 106 cm³/mol. The number of non-ortho nitro benzene ring substituents is 1. The van der Waals surface area contributed by atoms with Gasteiger partial charge in [-0.2, -0.15) is 5.10 Å². The fraction of sp³-hybridized carbons (Fsp3) is 0.600. The molecule has 0 spiro atoms. The highest BCUT2D eigenvalue weighted by atomic mass is 16.6. The molecular weight excluding hydrogens is 360 g/mol. The number of amides is 1. The lowest BCUT2D eigenvalue weighted by Crippen LogP contribution is -2.41. The predicted octanol–water partition coefficient (Wildman–Crippen LogP) is 4.29. The number of fused-ring (bicyclic) bond motifs is 1. The van der Waals surface area contributed by atoms with E-state index in [1.165, 1.54) is 6.07 Å². The Morgan fingerprint density at radius 1 is 1.32 bits per heavy atom. The van der Waals surface area contributed by atoms with Gasteiger partial charge in [0.2, 0.25) is 0 Å². The van der Waals surface area contributed by atoms with Crippen LogP contribution in [-0.4, -0.2) is 44.4 Å². The lowest BCUT2D eigenvalue weighted by atomic mass is 9.94. The maximum Gasteiger partial charge on any atom is 0.410 e. The van der Waals surface area contributed by atoms with E-state index in [1.807, 2.05) is 32.4 Å². The molecule has 152 valence electrons. The Morgan fingerprint density at radius 3 is 2.61 bits per heavy atom.